The van der Waals surface area contributed by atoms with E-state index in [1.54, 1.807) is 19.4 Å². The lowest BCUT2D eigenvalue weighted by Gasteiger charge is -2.01. The van der Waals surface area contributed by atoms with E-state index >= 15 is 0 Å². The maximum Gasteiger partial charge on any atom is 0.187 e. The normalized spacial score (nSPS) is 13.7. The smallest absolute Gasteiger partial charge is 0.187 e. The average molecular weight is 160 g/mol. The molecular weight excluding hydrogens is 144 g/mol. The molecule has 0 saturated heterocycles. The molecule has 66 valence electrons. The Balaban J connectivity index is 3.15. The third-order valence-electron chi connectivity index (χ3n) is 1.26. The fraction of sp³-hybridized carbons (Fsp3) is 0.750. The first-order chi connectivity index (χ1) is 5.31. The Morgan fingerprint density at radius 1 is 1.55 bits per heavy atom. The van der Waals surface area contributed by atoms with Crippen molar-refractivity contribution in [3.05, 3.63) is 12.3 Å². The van der Waals surface area contributed by atoms with E-state index in [9.17, 15) is 0 Å². The van der Waals surface area contributed by atoms with Gasteiger partial charge in [-0.1, -0.05) is 6.92 Å². The summed E-state index contributed by atoms with van der Waals surface area (Å²) in [5.74, 6) is 0. The van der Waals surface area contributed by atoms with E-state index in [0.29, 0.717) is 6.42 Å². The molecule has 3 heteroatoms. The quantitative estimate of drug-likeness (QED) is 0.361. The molecule has 0 aromatic carbocycles. The monoisotopic (exact) mass is 160 g/mol. The van der Waals surface area contributed by atoms with Gasteiger partial charge in [0.1, 0.15) is 0 Å². The number of rotatable bonds is 6. The van der Waals surface area contributed by atoms with Crippen molar-refractivity contribution in [1.82, 2.24) is 0 Å². The van der Waals surface area contributed by atoms with Crippen molar-refractivity contribution in [1.29, 1.82) is 0 Å². The summed E-state index contributed by atoms with van der Waals surface area (Å²) in [5.41, 5.74) is 0. The highest BCUT2D eigenvalue weighted by Crippen LogP contribution is 1.97. The lowest BCUT2D eigenvalue weighted by Crippen LogP contribution is -2.01. The van der Waals surface area contributed by atoms with Crippen molar-refractivity contribution in [2.24, 2.45) is 0 Å². The zero-order valence-corrected chi connectivity index (χ0v) is 7.12. The molecule has 0 fully saturated rings. The molecule has 1 atom stereocenters. The first-order valence-electron chi connectivity index (χ1n) is 3.74. The van der Waals surface area contributed by atoms with Gasteiger partial charge >= 0.3 is 0 Å². The van der Waals surface area contributed by atoms with Crippen LogP contribution in [0.4, 0.5) is 0 Å². The lowest BCUT2D eigenvalue weighted by molar-refractivity contribution is 0.0193. The summed E-state index contributed by atoms with van der Waals surface area (Å²) in [4.78, 5) is 0. The number of ether oxygens (including phenoxy) is 2. The molecule has 0 aliphatic rings. The minimum atomic E-state index is -0.252. The van der Waals surface area contributed by atoms with Gasteiger partial charge in [0.15, 0.2) is 6.79 Å². The minimum absolute atomic E-state index is 0.252. The van der Waals surface area contributed by atoms with Crippen LogP contribution in [0.1, 0.15) is 19.8 Å². The molecule has 1 unspecified atom stereocenters. The van der Waals surface area contributed by atoms with E-state index in [4.69, 9.17) is 9.84 Å². The van der Waals surface area contributed by atoms with Crippen LogP contribution in [0, 0.1) is 0 Å². The van der Waals surface area contributed by atoms with Crippen LogP contribution in [0.3, 0.4) is 0 Å². The molecule has 0 heterocycles. The number of aliphatic hydroxyl groups is 1. The van der Waals surface area contributed by atoms with Gasteiger partial charge in [-0.05, 0) is 18.9 Å². The van der Waals surface area contributed by atoms with Crippen LogP contribution in [0.2, 0.25) is 0 Å². The second kappa shape index (κ2) is 7.57. The predicted molar refractivity (Wildman–Crippen MR) is 43.0 cm³/mol. The Kier molecular flexibility index (Phi) is 7.19. The van der Waals surface area contributed by atoms with Gasteiger partial charge in [0.05, 0.1) is 12.4 Å². The fourth-order valence-corrected chi connectivity index (χ4v) is 0.555. The summed E-state index contributed by atoms with van der Waals surface area (Å²) in [6.45, 7) is 2.20. The Labute approximate surface area is 67.6 Å². The molecule has 1 N–H and O–H groups in total. The molecule has 0 aromatic heterocycles. The van der Waals surface area contributed by atoms with Crippen molar-refractivity contribution >= 4 is 0 Å². The van der Waals surface area contributed by atoms with E-state index in [1.165, 1.54) is 0 Å². The Hall–Kier alpha value is -0.540. The molecule has 0 aliphatic heterocycles. The first kappa shape index (κ1) is 10.5. The third-order valence-corrected chi connectivity index (χ3v) is 1.26. The highest BCUT2D eigenvalue weighted by molar-refractivity contribution is 4.76. The Morgan fingerprint density at radius 2 is 2.27 bits per heavy atom. The van der Waals surface area contributed by atoms with Crippen molar-refractivity contribution in [3.63, 3.8) is 0 Å². The van der Waals surface area contributed by atoms with Crippen LogP contribution in [-0.2, 0) is 9.47 Å². The first-order valence-corrected chi connectivity index (χ1v) is 3.74. The topological polar surface area (TPSA) is 38.7 Å². The molecule has 0 radical (unpaired) electrons. The van der Waals surface area contributed by atoms with Crippen molar-refractivity contribution in [2.45, 2.75) is 25.9 Å². The van der Waals surface area contributed by atoms with Gasteiger partial charge in [-0.3, -0.25) is 0 Å². The Bertz CT molecular complexity index is 102. The largest absolute Gasteiger partial charge is 0.476 e. The second-order valence-electron chi connectivity index (χ2n) is 2.24. The van der Waals surface area contributed by atoms with Gasteiger partial charge in [0.25, 0.3) is 0 Å². The van der Waals surface area contributed by atoms with E-state index in [2.05, 4.69) is 4.74 Å². The summed E-state index contributed by atoms with van der Waals surface area (Å²) in [7, 11) is 1.56. The van der Waals surface area contributed by atoms with E-state index in [0.717, 1.165) is 6.42 Å². The number of aliphatic hydroxyl groups excluding tert-OH is 1. The fourth-order valence-electron chi connectivity index (χ4n) is 0.555. The molecule has 0 saturated carbocycles. The third kappa shape index (κ3) is 7.36. The van der Waals surface area contributed by atoms with Crippen LogP contribution < -0.4 is 0 Å². The standard InChI is InChI=1S/C8H16O3/c1-3-8(9)5-4-6-11-7-10-2/h4,6,8-9H,3,5,7H2,1-2H3/b6-4+. The SMILES string of the molecule is CCC(O)C/C=C/OCOC. The predicted octanol–water partition coefficient (Wildman–Crippen LogP) is 1.28. The summed E-state index contributed by atoms with van der Waals surface area (Å²) in [6, 6.07) is 0. The van der Waals surface area contributed by atoms with Crippen LogP contribution in [-0.4, -0.2) is 25.1 Å². The van der Waals surface area contributed by atoms with Crippen LogP contribution in [0.15, 0.2) is 12.3 Å². The van der Waals surface area contributed by atoms with Crippen LogP contribution >= 0.6 is 0 Å². The average Bonchev–Trinajstić information content (AvgIpc) is 2.04. The second-order valence-corrected chi connectivity index (χ2v) is 2.24. The van der Waals surface area contributed by atoms with Gasteiger partial charge in [-0.25, -0.2) is 0 Å². The molecule has 0 aliphatic carbocycles. The molecular formula is C8H16O3. The lowest BCUT2D eigenvalue weighted by atomic mass is 10.2. The maximum atomic E-state index is 9.08. The molecule has 0 aromatic rings. The highest BCUT2D eigenvalue weighted by atomic mass is 16.7. The van der Waals surface area contributed by atoms with Crippen LogP contribution in [0.25, 0.3) is 0 Å². The van der Waals surface area contributed by atoms with E-state index in [-0.39, 0.29) is 12.9 Å². The van der Waals surface area contributed by atoms with Gasteiger partial charge < -0.3 is 14.6 Å². The molecule has 0 spiro atoms. The van der Waals surface area contributed by atoms with Gasteiger partial charge in [0.2, 0.25) is 0 Å². The highest BCUT2D eigenvalue weighted by Gasteiger charge is 1.94. The molecule has 3 nitrogen and oxygen atoms in total. The minimum Gasteiger partial charge on any atom is -0.476 e. The molecule has 0 rings (SSSR count). The van der Waals surface area contributed by atoms with Crippen molar-refractivity contribution < 1.29 is 14.6 Å². The zero-order chi connectivity index (χ0) is 8.53. The Morgan fingerprint density at radius 3 is 2.82 bits per heavy atom. The zero-order valence-electron chi connectivity index (χ0n) is 7.12. The maximum absolute atomic E-state index is 9.08. The molecule has 11 heavy (non-hydrogen) atoms. The summed E-state index contributed by atoms with van der Waals surface area (Å²) < 4.78 is 9.50. The summed E-state index contributed by atoms with van der Waals surface area (Å²) >= 11 is 0. The number of methoxy groups -OCH3 is 1. The van der Waals surface area contributed by atoms with Gasteiger partial charge in [-0.2, -0.15) is 0 Å². The van der Waals surface area contributed by atoms with Crippen molar-refractivity contribution in [3.8, 4) is 0 Å². The van der Waals surface area contributed by atoms with Crippen LogP contribution in [0.5, 0.6) is 0 Å². The molecule has 0 amide bonds. The number of hydrogen-bond donors (Lipinski definition) is 1. The van der Waals surface area contributed by atoms with Gasteiger partial charge in [-0.15, -0.1) is 0 Å². The summed E-state index contributed by atoms with van der Waals surface area (Å²) in [5, 5.41) is 9.08. The van der Waals surface area contributed by atoms with Gasteiger partial charge in [0, 0.05) is 7.11 Å². The van der Waals surface area contributed by atoms with E-state index < -0.39 is 0 Å². The number of hydrogen-bond acceptors (Lipinski definition) is 3. The summed E-state index contributed by atoms with van der Waals surface area (Å²) in [6.07, 6.45) is 4.49. The van der Waals surface area contributed by atoms with Crippen molar-refractivity contribution in [2.75, 3.05) is 13.9 Å². The van der Waals surface area contributed by atoms with E-state index in [1.807, 2.05) is 6.92 Å². The molecule has 0 bridgehead atoms.